The Morgan fingerprint density at radius 2 is 2.00 bits per heavy atom. The van der Waals surface area contributed by atoms with Crippen molar-refractivity contribution < 1.29 is 9.52 Å². The lowest BCUT2D eigenvalue weighted by molar-refractivity contribution is 0.475. The van der Waals surface area contributed by atoms with E-state index in [2.05, 4.69) is 9.97 Å². The highest BCUT2D eigenvalue weighted by atomic mass is 16.3. The van der Waals surface area contributed by atoms with E-state index < -0.39 is 0 Å². The zero-order valence-electron chi connectivity index (χ0n) is 11.0. The fraction of sp³-hybridized carbons (Fsp3) is 0. The standard InChI is InChI=1S/C16H11N3O2/c20-14-3-1-2-13(7-14)19-10-18-15-6-12(8-17-16(15)19)11-4-5-21-9-11/h1-10,20H. The van der Waals surface area contributed by atoms with Crippen LogP contribution in [0.25, 0.3) is 28.0 Å². The zero-order chi connectivity index (χ0) is 14.2. The first-order chi connectivity index (χ1) is 10.3. The van der Waals surface area contributed by atoms with Gasteiger partial charge in [0.1, 0.15) is 17.6 Å². The van der Waals surface area contributed by atoms with E-state index in [-0.39, 0.29) is 5.75 Å². The molecule has 3 aromatic heterocycles. The summed E-state index contributed by atoms with van der Waals surface area (Å²) >= 11 is 0. The van der Waals surface area contributed by atoms with Crippen LogP contribution in [-0.4, -0.2) is 19.6 Å². The van der Waals surface area contributed by atoms with Crippen molar-refractivity contribution in [1.82, 2.24) is 14.5 Å². The van der Waals surface area contributed by atoms with Gasteiger partial charge in [-0.25, -0.2) is 9.97 Å². The first-order valence-electron chi connectivity index (χ1n) is 6.46. The van der Waals surface area contributed by atoms with Crippen molar-refractivity contribution in [1.29, 1.82) is 0 Å². The number of fused-ring (bicyclic) bond motifs is 1. The Hall–Kier alpha value is -3.08. The van der Waals surface area contributed by atoms with Crippen molar-refractivity contribution in [2.75, 3.05) is 0 Å². The predicted molar refractivity (Wildman–Crippen MR) is 78.2 cm³/mol. The van der Waals surface area contributed by atoms with Crippen LogP contribution >= 0.6 is 0 Å². The zero-order valence-corrected chi connectivity index (χ0v) is 11.0. The number of aromatic nitrogens is 3. The predicted octanol–water partition coefficient (Wildman–Crippen LogP) is 3.39. The van der Waals surface area contributed by atoms with Crippen molar-refractivity contribution >= 4 is 11.2 Å². The molecule has 0 spiro atoms. The van der Waals surface area contributed by atoms with Gasteiger partial charge in [-0.1, -0.05) is 6.07 Å². The van der Waals surface area contributed by atoms with Crippen LogP contribution in [0.1, 0.15) is 0 Å². The summed E-state index contributed by atoms with van der Waals surface area (Å²) in [4.78, 5) is 8.86. The van der Waals surface area contributed by atoms with Crippen molar-refractivity contribution in [2.45, 2.75) is 0 Å². The molecule has 5 nitrogen and oxygen atoms in total. The van der Waals surface area contributed by atoms with Gasteiger partial charge >= 0.3 is 0 Å². The summed E-state index contributed by atoms with van der Waals surface area (Å²) in [7, 11) is 0. The van der Waals surface area contributed by atoms with Crippen LogP contribution in [0, 0.1) is 0 Å². The second kappa shape index (κ2) is 4.49. The second-order valence-corrected chi connectivity index (χ2v) is 4.71. The highest BCUT2D eigenvalue weighted by molar-refractivity contribution is 5.79. The lowest BCUT2D eigenvalue weighted by Gasteiger charge is -2.04. The van der Waals surface area contributed by atoms with E-state index in [9.17, 15) is 5.11 Å². The first-order valence-corrected chi connectivity index (χ1v) is 6.46. The molecule has 0 fully saturated rings. The van der Waals surface area contributed by atoms with E-state index in [0.29, 0.717) is 0 Å². The summed E-state index contributed by atoms with van der Waals surface area (Å²) < 4.78 is 6.93. The van der Waals surface area contributed by atoms with Crippen LogP contribution in [0.5, 0.6) is 5.75 Å². The minimum absolute atomic E-state index is 0.212. The third-order valence-electron chi connectivity index (χ3n) is 3.35. The molecule has 102 valence electrons. The average Bonchev–Trinajstić information content (AvgIpc) is 3.16. The average molecular weight is 277 g/mol. The van der Waals surface area contributed by atoms with Gasteiger partial charge in [-0.2, -0.15) is 0 Å². The lowest BCUT2D eigenvalue weighted by atomic mass is 10.1. The molecule has 3 heterocycles. The number of furan rings is 1. The van der Waals surface area contributed by atoms with Crippen LogP contribution in [-0.2, 0) is 0 Å². The van der Waals surface area contributed by atoms with Gasteiger partial charge < -0.3 is 9.52 Å². The summed E-state index contributed by atoms with van der Waals surface area (Å²) in [6.07, 6.45) is 6.79. The van der Waals surface area contributed by atoms with Crippen molar-refractivity contribution in [2.24, 2.45) is 0 Å². The molecule has 0 unspecified atom stereocenters. The number of hydrogen-bond acceptors (Lipinski definition) is 4. The first kappa shape index (κ1) is 11.7. The number of imidazole rings is 1. The van der Waals surface area contributed by atoms with E-state index in [0.717, 1.165) is 28.0 Å². The van der Waals surface area contributed by atoms with Gasteiger partial charge in [-0.3, -0.25) is 4.57 Å². The molecule has 0 amide bonds. The number of pyridine rings is 1. The molecule has 0 saturated carbocycles. The molecule has 1 N–H and O–H groups in total. The maximum absolute atomic E-state index is 9.59. The summed E-state index contributed by atoms with van der Waals surface area (Å²) in [5.74, 6) is 0.212. The Morgan fingerprint density at radius 3 is 2.81 bits per heavy atom. The number of aromatic hydroxyl groups is 1. The number of rotatable bonds is 2. The Labute approximate surface area is 120 Å². The molecule has 0 aliphatic heterocycles. The van der Waals surface area contributed by atoms with Gasteiger partial charge in [0, 0.05) is 23.4 Å². The van der Waals surface area contributed by atoms with Crippen LogP contribution in [0.3, 0.4) is 0 Å². The van der Waals surface area contributed by atoms with Gasteiger partial charge in [-0.05, 0) is 24.3 Å². The molecule has 0 bridgehead atoms. The minimum atomic E-state index is 0.212. The molecular formula is C16H11N3O2. The second-order valence-electron chi connectivity index (χ2n) is 4.71. The molecule has 0 saturated heterocycles. The smallest absolute Gasteiger partial charge is 0.164 e. The molecule has 4 rings (SSSR count). The van der Waals surface area contributed by atoms with Gasteiger partial charge in [0.2, 0.25) is 0 Å². The lowest BCUT2D eigenvalue weighted by Crippen LogP contribution is -1.93. The molecule has 5 heteroatoms. The van der Waals surface area contributed by atoms with E-state index >= 15 is 0 Å². The SMILES string of the molecule is Oc1cccc(-n2cnc3cc(-c4ccoc4)cnc32)c1. The van der Waals surface area contributed by atoms with E-state index in [1.54, 1.807) is 43.2 Å². The number of phenols is 1. The molecule has 21 heavy (non-hydrogen) atoms. The monoisotopic (exact) mass is 277 g/mol. The number of hydrogen-bond donors (Lipinski definition) is 1. The van der Waals surface area contributed by atoms with Crippen molar-refractivity contribution in [3.8, 4) is 22.6 Å². The van der Waals surface area contributed by atoms with E-state index in [1.807, 2.05) is 22.8 Å². The van der Waals surface area contributed by atoms with Crippen molar-refractivity contribution in [3.63, 3.8) is 0 Å². The highest BCUT2D eigenvalue weighted by Gasteiger charge is 2.09. The summed E-state index contributed by atoms with van der Waals surface area (Å²) in [6, 6.07) is 10.8. The Balaban J connectivity index is 1.86. The summed E-state index contributed by atoms with van der Waals surface area (Å²) in [5, 5.41) is 9.59. The molecule has 0 atom stereocenters. The maximum Gasteiger partial charge on any atom is 0.164 e. The van der Waals surface area contributed by atoms with E-state index in [4.69, 9.17) is 4.42 Å². The minimum Gasteiger partial charge on any atom is -0.508 e. The Morgan fingerprint density at radius 1 is 1.05 bits per heavy atom. The topological polar surface area (TPSA) is 64.1 Å². The number of phenolic OH excluding ortho intramolecular Hbond substituents is 1. The Bertz CT molecular complexity index is 910. The van der Waals surface area contributed by atoms with Gasteiger partial charge in [0.25, 0.3) is 0 Å². The van der Waals surface area contributed by atoms with Gasteiger partial charge in [-0.15, -0.1) is 0 Å². The Kier molecular flexibility index (Phi) is 2.50. The van der Waals surface area contributed by atoms with E-state index in [1.165, 1.54) is 0 Å². The van der Waals surface area contributed by atoms with Crippen LogP contribution < -0.4 is 0 Å². The molecule has 1 aromatic carbocycles. The highest BCUT2D eigenvalue weighted by Crippen LogP contribution is 2.24. The molecule has 0 radical (unpaired) electrons. The van der Waals surface area contributed by atoms with Crippen LogP contribution in [0.2, 0.25) is 0 Å². The largest absolute Gasteiger partial charge is 0.508 e. The fourth-order valence-electron chi connectivity index (χ4n) is 2.32. The number of benzene rings is 1. The van der Waals surface area contributed by atoms with Crippen LogP contribution in [0.4, 0.5) is 0 Å². The maximum atomic E-state index is 9.59. The van der Waals surface area contributed by atoms with Crippen molar-refractivity contribution in [3.05, 3.63) is 61.4 Å². The molecule has 4 aromatic rings. The van der Waals surface area contributed by atoms with Gasteiger partial charge in [0.15, 0.2) is 5.65 Å². The van der Waals surface area contributed by atoms with Crippen LogP contribution in [0.15, 0.2) is 65.9 Å². The normalized spacial score (nSPS) is 11.0. The summed E-state index contributed by atoms with van der Waals surface area (Å²) in [5.41, 5.74) is 4.28. The molecule has 0 aliphatic rings. The quantitative estimate of drug-likeness (QED) is 0.610. The van der Waals surface area contributed by atoms with Gasteiger partial charge in [0.05, 0.1) is 18.2 Å². The third kappa shape index (κ3) is 1.95. The molecular weight excluding hydrogens is 266 g/mol. The third-order valence-corrected chi connectivity index (χ3v) is 3.35. The number of nitrogens with zero attached hydrogens (tertiary/aromatic N) is 3. The fourth-order valence-corrected chi connectivity index (χ4v) is 2.32. The summed E-state index contributed by atoms with van der Waals surface area (Å²) in [6.45, 7) is 0. The molecule has 0 aliphatic carbocycles.